The number of ether oxygens (including phenoxy) is 1. The van der Waals surface area contributed by atoms with Crippen LogP contribution in [0.5, 0.6) is 0 Å². The van der Waals surface area contributed by atoms with Gasteiger partial charge in [0.25, 0.3) is 0 Å². The van der Waals surface area contributed by atoms with Gasteiger partial charge in [0, 0.05) is 4.47 Å². The van der Waals surface area contributed by atoms with Crippen LogP contribution >= 0.6 is 38.5 Å². The largest absolute Gasteiger partial charge is 0.462 e. The average molecular weight is 391 g/mol. The van der Waals surface area contributed by atoms with E-state index < -0.39 is 23.2 Å². The predicted molar refractivity (Wildman–Crippen MR) is 62.7 cm³/mol. The summed E-state index contributed by atoms with van der Waals surface area (Å²) < 4.78 is 31.8. The van der Waals surface area contributed by atoms with Crippen molar-refractivity contribution in [3.8, 4) is 0 Å². The van der Waals surface area contributed by atoms with Crippen molar-refractivity contribution in [1.29, 1.82) is 0 Å². The minimum absolute atomic E-state index is 0.0738. The predicted octanol–water partition coefficient (Wildman–Crippen LogP) is 3.51. The van der Waals surface area contributed by atoms with Crippen molar-refractivity contribution >= 4 is 44.5 Å². The van der Waals surface area contributed by atoms with Gasteiger partial charge in [-0.15, -0.1) is 0 Å². The molecule has 0 spiro atoms. The third-order valence-electron chi connectivity index (χ3n) is 1.59. The standard InChI is InChI=1S/C9H6BrF2IO2/c1-2-15-9(14)6-5(11)3-4(10)8(13)7(6)12/h3H,2H2,1H3. The molecule has 1 aromatic rings. The molecule has 0 bridgehead atoms. The van der Waals surface area contributed by atoms with E-state index in [0.717, 1.165) is 6.07 Å². The topological polar surface area (TPSA) is 26.3 Å². The highest BCUT2D eigenvalue weighted by Crippen LogP contribution is 2.27. The zero-order valence-corrected chi connectivity index (χ0v) is 11.4. The van der Waals surface area contributed by atoms with Crippen LogP contribution < -0.4 is 0 Å². The van der Waals surface area contributed by atoms with Gasteiger partial charge in [0.05, 0.1) is 10.2 Å². The fourth-order valence-electron chi connectivity index (χ4n) is 0.957. The Kier molecular flexibility index (Phi) is 4.45. The molecule has 1 rings (SSSR count). The van der Waals surface area contributed by atoms with E-state index in [1.54, 1.807) is 29.5 Å². The Morgan fingerprint density at radius 3 is 2.73 bits per heavy atom. The Labute approximate surface area is 107 Å². The Hall–Kier alpha value is -0.240. The maximum Gasteiger partial charge on any atom is 0.344 e. The molecule has 0 heterocycles. The number of benzene rings is 1. The van der Waals surface area contributed by atoms with Gasteiger partial charge in [-0.2, -0.15) is 0 Å². The summed E-state index contributed by atoms with van der Waals surface area (Å²) in [6.07, 6.45) is 0. The van der Waals surface area contributed by atoms with Crippen LogP contribution in [0.1, 0.15) is 17.3 Å². The van der Waals surface area contributed by atoms with Crippen LogP contribution in [0, 0.1) is 15.2 Å². The van der Waals surface area contributed by atoms with E-state index >= 15 is 0 Å². The van der Waals surface area contributed by atoms with E-state index in [-0.39, 0.29) is 14.6 Å². The van der Waals surface area contributed by atoms with E-state index in [0.29, 0.717) is 0 Å². The average Bonchev–Trinajstić information content (AvgIpc) is 2.15. The third kappa shape index (κ3) is 2.66. The Morgan fingerprint density at radius 2 is 2.20 bits per heavy atom. The summed E-state index contributed by atoms with van der Waals surface area (Å²) in [5.74, 6) is -2.82. The first-order chi connectivity index (χ1) is 6.99. The molecule has 0 atom stereocenters. The summed E-state index contributed by atoms with van der Waals surface area (Å²) in [5, 5.41) is 0. The van der Waals surface area contributed by atoms with Gasteiger partial charge in [-0.1, -0.05) is 0 Å². The van der Waals surface area contributed by atoms with E-state index in [1.807, 2.05) is 0 Å². The van der Waals surface area contributed by atoms with Crippen molar-refractivity contribution < 1.29 is 18.3 Å². The molecule has 15 heavy (non-hydrogen) atoms. The lowest BCUT2D eigenvalue weighted by molar-refractivity contribution is 0.0515. The summed E-state index contributed by atoms with van der Waals surface area (Å²) in [6, 6.07) is 1.04. The first kappa shape index (κ1) is 12.8. The molecule has 0 radical (unpaired) electrons. The van der Waals surface area contributed by atoms with E-state index in [1.165, 1.54) is 0 Å². The molecule has 1 aromatic carbocycles. The number of hydrogen-bond acceptors (Lipinski definition) is 2. The number of halogens is 4. The van der Waals surface area contributed by atoms with E-state index in [4.69, 9.17) is 0 Å². The molecule has 0 aliphatic heterocycles. The number of carbonyl (C=O) groups excluding carboxylic acids is 1. The first-order valence-electron chi connectivity index (χ1n) is 3.99. The number of esters is 1. The molecular weight excluding hydrogens is 385 g/mol. The monoisotopic (exact) mass is 390 g/mol. The van der Waals surface area contributed by atoms with Gasteiger partial charge in [0.2, 0.25) is 0 Å². The molecular formula is C9H6BrF2IO2. The molecule has 0 saturated carbocycles. The second kappa shape index (κ2) is 5.20. The van der Waals surface area contributed by atoms with Crippen molar-refractivity contribution in [2.75, 3.05) is 6.61 Å². The van der Waals surface area contributed by atoms with Crippen LogP contribution in [0.2, 0.25) is 0 Å². The molecule has 82 valence electrons. The van der Waals surface area contributed by atoms with E-state index in [2.05, 4.69) is 20.7 Å². The summed E-state index contributed by atoms with van der Waals surface area (Å²) in [4.78, 5) is 11.2. The highest BCUT2D eigenvalue weighted by Gasteiger charge is 2.22. The maximum absolute atomic E-state index is 13.5. The smallest absolute Gasteiger partial charge is 0.344 e. The normalized spacial score (nSPS) is 10.2. The van der Waals surface area contributed by atoms with Gasteiger partial charge in [0.15, 0.2) is 5.82 Å². The van der Waals surface area contributed by atoms with Gasteiger partial charge in [-0.3, -0.25) is 0 Å². The van der Waals surface area contributed by atoms with Gasteiger partial charge < -0.3 is 4.74 Å². The van der Waals surface area contributed by atoms with Gasteiger partial charge in [0.1, 0.15) is 11.4 Å². The van der Waals surface area contributed by atoms with E-state index in [9.17, 15) is 13.6 Å². The fourth-order valence-corrected chi connectivity index (χ4v) is 1.76. The number of hydrogen-bond donors (Lipinski definition) is 0. The molecule has 0 aliphatic carbocycles. The lowest BCUT2D eigenvalue weighted by Crippen LogP contribution is -2.11. The van der Waals surface area contributed by atoms with Crippen molar-refractivity contribution in [1.82, 2.24) is 0 Å². The van der Waals surface area contributed by atoms with Crippen molar-refractivity contribution in [2.45, 2.75) is 6.92 Å². The lowest BCUT2D eigenvalue weighted by atomic mass is 10.2. The molecule has 0 N–H and O–H groups in total. The molecule has 0 saturated heterocycles. The van der Waals surface area contributed by atoms with Gasteiger partial charge >= 0.3 is 5.97 Å². The van der Waals surface area contributed by atoms with Crippen molar-refractivity contribution in [3.05, 3.63) is 31.3 Å². The number of carbonyl (C=O) groups is 1. The summed E-state index contributed by atoms with van der Waals surface area (Å²) in [5.41, 5.74) is -0.649. The van der Waals surface area contributed by atoms with Crippen LogP contribution in [0.25, 0.3) is 0 Å². The second-order valence-corrected chi connectivity index (χ2v) is 4.50. The van der Waals surface area contributed by atoms with Crippen LogP contribution in [0.3, 0.4) is 0 Å². The fraction of sp³-hybridized carbons (Fsp3) is 0.222. The molecule has 0 aliphatic rings. The van der Waals surface area contributed by atoms with Crippen molar-refractivity contribution in [2.24, 2.45) is 0 Å². The third-order valence-corrected chi connectivity index (χ3v) is 4.02. The minimum Gasteiger partial charge on any atom is -0.462 e. The Morgan fingerprint density at radius 1 is 1.60 bits per heavy atom. The first-order valence-corrected chi connectivity index (χ1v) is 5.86. The van der Waals surface area contributed by atoms with Crippen LogP contribution in [0.4, 0.5) is 8.78 Å². The second-order valence-electron chi connectivity index (χ2n) is 2.56. The molecule has 0 aromatic heterocycles. The van der Waals surface area contributed by atoms with Crippen molar-refractivity contribution in [3.63, 3.8) is 0 Å². The highest BCUT2D eigenvalue weighted by molar-refractivity contribution is 14.1. The lowest BCUT2D eigenvalue weighted by Gasteiger charge is -2.07. The summed E-state index contributed by atoms with van der Waals surface area (Å²) in [6.45, 7) is 1.64. The summed E-state index contributed by atoms with van der Waals surface area (Å²) >= 11 is 4.66. The molecule has 2 nitrogen and oxygen atoms in total. The molecule has 0 fully saturated rings. The maximum atomic E-state index is 13.5. The minimum atomic E-state index is -0.988. The SMILES string of the molecule is CCOC(=O)c1c(F)cc(Br)c(I)c1F. The molecule has 0 amide bonds. The Balaban J connectivity index is 3.29. The van der Waals surface area contributed by atoms with Gasteiger partial charge in [-0.25, -0.2) is 13.6 Å². The van der Waals surface area contributed by atoms with Crippen LogP contribution in [0.15, 0.2) is 10.5 Å². The Bertz CT molecular complexity index is 410. The van der Waals surface area contributed by atoms with Crippen LogP contribution in [-0.4, -0.2) is 12.6 Å². The summed E-state index contributed by atoms with van der Waals surface area (Å²) in [7, 11) is 0. The van der Waals surface area contributed by atoms with Gasteiger partial charge in [-0.05, 0) is 51.5 Å². The number of rotatable bonds is 2. The zero-order chi connectivity index (χ0) is 11.6. The zero-order valence-electron chi connectivity index (χ0n) is 7.61. The quantitative estimate of drug-likeness (QED) is 0.334. The highest BCUT2D eigenvalue weighted by atomic mass is 127. The molecule has 0 unspecified atom stereocenters. The molecule has 6 heteroatoms. The van der Waals surface area contributed by atoms with Crippen LogP contribution in [-0.2, 0) is 4.74 Å².